The van der Waals surface area contributed by atoms with Crippen molar-refractivity contribution in [1.29, 1.82) is 0 Å². The van der Waals surface area contributed by atoms with E-state index in [0.29, 0.717) is 12.2 Å². The van der Waals surface area contributed by atoms with Crippen molar-refractivity contribution >= 4 is 5.91 Å². The van der Waals surface area contributed by atoms with Crippen molar-refractivity contribution in [1.82, 2.24) is 29.5 Å². The molecular formula is C17H24N6O3. The van der Waals surface area contributed by atoms with Crippen LogP contribution >= 0.6 is 0 Å². The molecule has 1 atom stereocenters. The molecule has 2 aromatic rings. The van der Waals surface area contributed by atoms with Crippen molar-refractivity contribution in [2.45, 2.75) is 25.3 Å². The van der Waals surface area contributed by atoms with Crippen LogP contribution in [0.5, 0.6) is 0 Å². The number of oxazole rings is 1. The Bertz CT molecular complexity index is 738. The number of piperidine rings is 1. The molecule has 0 bridgehead atoms. The molecule has 2 saturated heterocycles. The van der Waals surface area contributed by atoms with Gasteiger partial charge in [0.15, 0.2) is 12.1 Å². The Hall–Kier alpha value is -2.26. The van der Waals surface area contributed by atoms with Gasteiger partial charge in [0.2, 0.25) is 0 Å². The molecule has 0 radical (unpaired) electrons. The van der Waals surface area contributed by atoms with Crippen LogP contribution < -0.4 is 0 Å². The smallest absolute Gasteiger partial charge is 0.275 e. The lowest BCUT2D eigenvalue weighted by atomic mass is 9.97. The van der Waals surface area contributed by atoms with E-state index in [2.05, 4.69) is 24.6 Å². The molecule has 4 heterocycles. The van der Waals surface area contributed by atoms with E-state index < -0.39 is 0 Å². The molecule has 2 aliphatic heterocycles. The number of morpholine rings is 1. The highest BCUT2D eigenvalue weighted by molar-refractivity contribution is 5.92. The number of amides is 1. The average Bonchev–Trinajstić information content (AvgIpc) is 3.33. The van der Waals surface area contributed by atoms with Gasteiger partial charge in [-0.15, -0.1) is 10.2 Å². The van der Waals surface area contributed by atoms with Gasteiger partial charge < -0.3 is 18.6 Å². The van der Waals surface area contributed by atoms with Gasteiger partial charge in [0.1, 0.15) is 17.9 Å². The van der Waals surface area contributed by atoms with Crippen molar-refractivity contribution in [3.63, 3.8) is 0 Å². The summed E-state index contributed by atoms with van der Waals surface area (Å²) in [6.07, 6.45) is 4.63. The number of rotatable bonds is 4. The number of nitrogens with zero attached hydrogens (tertiary/aromatic N) is 6. The first-order valence-corrected chi connectivity index (χ1v) is 9.08. The molecule has 0 N–H and O–H groups in total. The van der Waals surface area contributed by atoms with Gasteiger partial charge in [0, 0.05) is 39.1 Å². The number of hydrogen-bond acceptors (Lipinski definition) is 7. The van der Waals surface area contributed by atoms with Gasteiger partial charge in [-0.05, 0) is 12.8 Å². The third-order valence-corrected chi connectivity index (χ3v) is 5.19. The molecule has 2 aromatic heterocycles. The molecule has 9 heteroatoms. The van der Waals surface area contributed by atoms with E-state index in [0.717, 1.165) is 63.9 Å². The zero-order valence-corrected chi connectivity index (χ0v) is 15.0. The Morgan fingerprint density at radius 1 is 1.27 bits per heavy atom. The summed E-state index contributed by atoms with van der Waals surface area (Å²) in [6, 6.07) is 0. The van der Waals surface area contributed by atoms with Crippen LogP contribution in [0.3, 0.4) is 0 Å². The molecule has 26 heavy (non-hydrogen) atoms. The van der Waals surface area contributed by atoms with E-state index in [1.165, 1.54) is 12.7 Å². The Labute approximate surface area is 151 Å². The van der Waals surface area contributed by atoms with Crippen LogP contribution in [-0.2, 0) is 18.3 Å². The highest BCUT2D eigenvalue weighted by Gasteiger charge is 2.30. The van der Waals surface area contributed by atoms with Gasteiger partial charge >= 0.3 is 0 Å². The van der Waals surface area contributed by atoms with Gasteiger partial charge in [0.25, 0.3) is 5.91 Å². The highest BCUT2D eigenvalue weighted by Crippen LogP contribution is 2.26. The van der Waals surface area contributed by atoms with Crippen molar-refractivity contribution in [3.05, 3.63) is 30.0 Å². The first-order valence-electron chi connectivity index (χ1n) is 9.08. The van der Waals surface area contributed by atoms with Crippen molar-refractivity contribution < 1.29 is 13.9 Å². The van der Waals surface area contributed by atoms with Crippen LogP contribution in [0, 0.1) is 0 Å². The maximum absolute atomic E-state index is 12.5. The molecule has 9 nitrogen and oxygen atoms in total. The average molecular weight is 360 g/mol. The number of carbonyl (C=O) groups is 1. The van der Waals surface area contributed by atoms with Gasteiger partial charge in [-0.3, -0.25) is 9.69 Å². The molecule has 0 spiro atoms. The second-order valence-electron chi connectivity index (χ2n) is 6.89. The van der Waals surface area contributed by atoms with Crippen LogP contribution in [0.15, 0.2) is 17.1 Å². The molecule has 4 rings (SSSR count). The molecule has 140 valence electrons. The fraction of sp³-hybridized carbons (Fsp3) is 0.647. The predicted octanol–water partition coefficient (Wildman–Crippen LogP) is 0.655. The van der Waals surface area contributed by atoms with Crippen molar-refractivity contribution in [2.24, 2.45) is 7.05 Å². The maximum Gasteiger partial charge on any atom is 0.275 e. The zero-order chi connectivity index (χ0) is 17.9. The maximum atomic E-state index is 12.5. The third-order valence-electron chi connectivity index (χ3n) is 5.19. The lowest BCUT2D eigenvalue weighted by Crippen LogP contribution is -2.40. The second-order valence-corrected chi connectivity index (χ2v) is 6.89. The monoisotopic (exact) mass is 360 g/mol. The first kappa shape index (κ1) is 17.2. The molecule has 0 aromatic carbocycles. The molecule has 2 fully saturated rings. The SMILES string of the molecule is Cn1c(CN2CCOCC2)nnc1[C@H]1CCCN(C(=O)c2cocn2)C1. The summed E-state index contributed by atoms with van der Waals surface area (Å²) in [5, 5.41) is 8.85. The largest absolute Gasteiger partial charge is 0.451 e. The van der Waals surface area contributed by atoms with Gasteiger partial charge in [0.05, 0.1) is 19.8 Å². The summed E-state index contributed by atoms with van der Waals surface area (Å²) in [7, 11) is 2.02. The molecule has 0 unspecified atom stereocenters. The van der Waals surface area contributed by atoms with Crippen LogP contribution in [0.2, 0.25) is 0 Å². The summed E-state index contributed by atoms with van der Waals surface area (Å²) in [5.74, 6) is 2.02. The molecular weight excluding hydrogens is 336 g/mol. The quantitative estimate of drug-likeness (QED) is 0.791. The fourth-order valence-corrected chi connectivity index (χ4v) is 3.68. The number of carbonyl (C=O) groups excluding carboxylic acids is 1. The summed E-state index contributed by atoms with van der Waals surface area (Å²) < 4.78 is 12.4. The number of aromatic nitrogens is 4. The summed E-state index contributed by atoms with van der Waals surface area (Å²) in [5.41, 5.74) is 0.358. The highest BCUT2D eigenvalue weighted by atomic mass is 16.5. The standard InChI is InChI=1S/C17H24N6O3/c1-21-15(10-22-5-7-25-8-6-22)19-20-16(21)13-3-2-4-23(9-13)17(24)14-11-26-12-18-14/h11-13H,2-10H2,1H3/t13-/m0/s1. The van der Waals surface area contributed by atoms with Crippen LogP contribution in [0.25, 0.3) is 0 Å². The minimum atomic E-state index is -0.0841. The van der Waals surface area contributed by atoms with E-state index in [1.54, 1.807) is 0 Å². The lowest BCUT2D eigenvalue weighted by molar-refractivity contribution is 0.0326. The van der Waals surface area contributed by atoms with Crippen LogP contribution in [-0.4, -0.2) is 74.8 Å². The van der Waals surface area contributed by atoms with E-state index >= 15 is 0 Å². The predicted molar refractivity (Wildman–Crippen MR) is 91.5 cm³/mol. The van der Waals surface area contributed by atoms with Gasteiger partial charge in [-0.2, -0.15) is 0 Å². The molecule has 0 saturated carbocycles. The number of ether oxygens (including phenoxy) is 1. The second kappa shape index (κ2) is 7.55. The first-order chi connectivity index (χ1) is 12.7. The van der Waals surface area contributed by atoms with Crippen molar-refractivity contribution in [2.75, 3.05) is 39.4 Å². The topological polar surface area (TPSA) is 89.5 Å². The third kappa shape index (κ3) is 3.49. The minimum absolute atomic E-state index is 0.0841. The summed E-state index contributed by atoms with van der Waals surface area (Å²) in [4.78, 5) is 20.7. The minimum Gasteiger partial charge on any atom is -0.451 e. The van der Waals surface area contributed by atoms with Crippen LogP contribution in [0.4, 0.5) is 0 Å². The Balaban J connectivity index is 1.44. The Morgan fingerprint density at radius 3 is 2.88 bits per heavy atom. The van der Waals surface area contributed by atoms with Crippen LogP contribution in [0.1, 0.15) is 40.9 Å². The molecule has 2 aliphatic rings. The fourth-order valence-electron chi connectivity index (χ4n) is 3.68. The normalized spacial score (nSPS) is 21.9. The molecule has 0 aliphatic carbocycles. The number of likely N-dealkylation sites (tertiary alicyclic amines) is 1. The van der Waals surface area contributed by atoms with E-state index in [4.69, 9.17) is 9.15 Å². The van der Waals surface area contributed by atoms with E-state index in [1.807, 2.05) is 11.9 Å². The molecule has 1 amide bonds. The van der Waals surface area contributed by atoms with E-state index in [9.17, 15) is 4.79 Å². The Morgan fingerprint density at radius 2 is 2.12 bits per heavy atom. The van der Waals surface area contributed by atoms with Gasteiger partial charge in [-0.25, -0.2) is 4.98 Å². The zero-order valence-electron chi connectivity index (χ0n) is 15.0. The lowest BCUT2D eigenvalue weighted by Gasteiger charge is -2.31. The number of hydrogen-bond donors (Lipinski definition) is 0. The van der Waals surface area contributed by atoms with Crippen molar-refractivity contribution in [3.8, 4) is 0 Å². The summed E-state index contributed by atoms with van der Waals surface area (Å²) in [6.45, 7) is 5.53. The van der Waals surface area contributed by atoms with Gasteiger partial charge in [-0.1, -0.05) is 0 Å². The van der Waals surface area contributed by atoms with E-state index in [-0.39, 0.29) is 11.8 Å². The summed E-state index contributed by atoms with van der Waals surface area (Å²) >= 11 is 0. The Kier molecular flexibility index (Phi) is 4.98.